The summed E-state index contributed by atoms with van der Waals surface area (Å²) >= 11 is 6.12. The highest BCUT2D eigenvalue weighted by molar-refractivity contribution is 6.30. The zero-order valence-electron chi connectivity index (χ0n) is 14.5. The van der Waals surface area contributed by atoms with E-state index >= 15 is 0 Å². The van der Waals surface area contributed by atoms with Crippen LogP contribution in [0.1, 0.15) is 16.1 Å². The molecule has 2 aromatic heterocycles. The van der Waals surface area contributed by atoms with Crippen molar-refractivity contribution in [3.63, 3.8) is 0 Å². The predicted molar refractivity (Wildman–Crippen MR) is 105 cm³/mol. The highest BCUT2D eigenvalue weighted by Gasteiger charge is 2.19. The fourth-order valence-corrected chi connectivity index (χ4v) is 2.91. The van der Waals surface area contributed by atoms with Crippen molar-refractivity contribution in [1.29, 1.82) is 0 Å². The van der Waals surface area contributed by atoms with Gasteiger partial charge in [-0.3, -0.25) is 4.79 Å². The van der Waals surface area contributed by atoms with E-state index < -0.39 is 0 Å². The molecule has 0 unspecified atom stereocenters. The van der Waals surface area contributed by atoms with Gasteiger partial charge in [-0.15, -0.1) is 0 Å². The molecule has 1 amide bonds. The molecule has 0 saturated carbocycles. The Kier molecular flexibility index (Phi) is 4.52. The van der Waals surface area contributed by atoms with Gasteiger partial charge in [0.05, 0.1) is 12.0 Å². The fourth-order valence-electron chi connectivity index (χ4n) is 2.72. The SMILES string of the molecule is Cc1ccc(NC(=O)c2cc(-c3ccco3)nn2-c2cccc(Cl)c2)cc1. The molecule has 0 bridgehead atoms. The average Bonchev–Trinajstić information content (AvgIpc) is 3.33. The second-order valence-corrected chi connectivity index (χ2v) is 6.54. The Bertz CT molecular complexity index is 1080. The fraction of sp³-hybridized carbons (Fsp3) is 0.0476. The molecule has 0 aliphatic carbocycles. The maximum Gasteiger partial charge on any atom is 0.274 e. The van der Waals surface area contributed by atoms with E-state index in [1.807, 2.05) is 43.3 Å². The van der Waals surface area contributed by atoms with Crippen LogP contribution in [-0.2, 0) is 0 Å². The monoisotopic (exact) mass is 377 g/mol. The first-order chi connectivity index (χ1) is 13.1. The van der Waals surface area contributed by atoms with Crippen LogP contribution in [0.25, 0.3) is 17.1 Å². The van der Waals surface area contributed by atoms with Crippen LogP contribution in [0.3, 0.4) is 0 Å². The van der Waals surface area contributed by atoms with Crippen molar-refractivity contribution in [3.8, 4) is 17.1 Å². The molecule has 6 heteroatoms. The van der Waals surface area contributed by atoms with E-state index in [1.54, 1.807) is 41.3 Å². The summed E-state index contributed by atoms with van der Waals surface area (Å²) in [6.07, 6.45) is 1.57. The molecular weight excluding hydrogens is 362 g/mol. The Morgan fingerprint density at radius 3 is 2.59 bits per heavy atom. The Morgan fingerprint density at radius 2 is 1.89 bits per heavy atom. The summed E-state index contributed by atoms with van der Waals surface area (Å²) in [5.41, 5.74) is 3.47. The number of hydrogen-bond donors (Lipinski definition) is 1. The number of aromatic nitrogens is 2. The second kappa shape index (κ2) is 7.13. The average molecular weight is 378 g/mol. The molecule has 0 aliphatic heterocycles. The van der Waals surface area contributed by atoms with Gasteiger partial charge in [-0.05, 0) is 49.4 Å². The lowest BCUT2D eigenvalue weighted by Gasteiger charge is -2.09. The number of furan rings is 1. The molecule has 2 aromatic carbocycles. The summed E-state index contributed by atoms with van der Waals surface area (Å²) in [6.45, 7) is 2.00. The van der Waals surface area contributed by atoms with Crippen molar-refractivity contribution in [1.82, 2.24) is 9.78 Å². The first-order valence-electron chi connectivity index (χ1n) is 8.38. The third-order valence-corrected chi connectivity index (χ3v) is 4.31. The first-order valence-corrected chi connectivity index (χ1v) is 8.76. The highest BCUT2D eigenvalue weighted by atomic mass is 35.5. The van der Waals surface area contributed by atoms with Gasteiger partial charge in [0.2, 0.25) is 0 Å². The Balaban J connectivity index is 1.75. The minimum absolute atomic E-state index is 0.274. The molecule has 4 aromatic rings. The number of benzene rings is 2. The van der Waals surface area contributed by atoms with E-state index in [-0.39, 0.29) is 5.91 Å². The molecule has 5 nitrogen and oxygen atoms in total. The predicted octanol–water partition coefficient (Wildman–Crippen LogP) is 5.35. The van der Waals surface area contributed by atoms with Crippen molar-refractivity contribution in [2.24, 2.45) is 0 Å². The number of carbonyl (C=O) groups is 1. The van der Waals surface area contributed by atoms with Gasteiger partial charge in [0.1, 0.15) is 11.4 Å². The van der Waals surface area contributed by atoms with E-state index in [9.17, 15) is 4.79 Å². The van der Waals surface area contributed by atoms with Crippen LogP contribution in [0.4, 0.5) is 5.69 Å². The van der Waals surface area contributed by atoms with Gasteiger partial charge in [-0.25, -0.2) is 4.68 Å². The van der Waals surface area contributed by atoms with Crippen LogP contribution in [0.5, 0.6) is 0 Å². The van der Waals surface area contributed by atoms with Gasteiger partial charge >= 0.3 is 0 Å². The van der Waals surface area contributed by atoms with Gasteiger partial charge in [0, 0.05) is 16.8 Å². The molecule has 27 heavy (non-hydrogen) atoms. The zero-order valence-corrected chi connectivity index (χ0v) is 15.3. The minimum atomic E-state index is -0.274. The second-order valence-electron chi connectivity index (χ2n) is 6.10. The highest BCUT2D eigenvalue weighted by Crippen LogP contribution is 2.24. The summed E-state index contributed by atoms with van der Waals surface area (Å²) < 4.78 is 6.99. The van der Waals surface area contributed by atoms with Crippen LogP contribution in [0.2, 0.25) is 5.02 Å². The van der Waals surface area contributed by atoms with Gasteiger partial charge in [0.15, 0.2) is 5.76 Å². The van der Waals surface area contributed by atoms with Gasteiger partial charge in [-0.1, -0.05) is 35.4 Å². The van der Waals surface area contributed by atoms with Crippen molar-refractivity contribution in [2.75, 3.05) is 5.32 Å². The van der Waals surface area contributed by atoms with Crippen molar-refractivity contribution < 1.29 is 9.21 Å². The minimum Gasteiger partial charge on any atom is -0.463 e. The third kappa shape index (κ3) is 3.64. The summed E-state index contributed by atoms with van der Waals surface area (Å²) in [6, 6.07) is 20.1. The summed E-state index contributed by atoms with van der Waals surface area (Å²) in [5, 5.41) is 8.01. The molecular formula is C21H16ClN3O2. The smallest absolute Gasteiger partial charge is 0.274 e. The molecule has 4 rings (SSSR count). The van der Waals surface area contributed by atoms with Gasteiger partial charge in [0.25, 0.3) is 5.91 Å². The normalized spacial score (nSPS) is 10.7. The molecule has 1 N–H and O–H groups in total. The number of carbonyl (C=O) groups excluding carboxylic acids is 1. The van der Waals surface area contributed by atoms with E-state index in [1.165, 1.54) is 0 Å². The number of halogens is 1. The van der Waals surface area contributed by atoms with Gasteiger partial charge in [-0.2, -0.15) is 5.10 Å². The Hall–Kier alpha value is -3.31. The quantitative estimate of drug-likeness (QED) is 0.521. The number of rotatable bonds is 4. The number of hydrogen-bond acceptors (Lipinski definition) is 3. The maximum absolute atomic E-state index is 12.9. The molecule has 0 aliphatic rings. The van der Waals surface area contributed by atoms with Crippen LogP contribution in [0.15, 0.2) is 77.4 Å². The van der Waals surface area contributed by atoms with Crippen molar-refractivity contribution in [3.05, 3.63) is 89.3 Å². The largest absolute Gasteiger partial charge is 0.463 e. The molecule has 0 spiro atoms. The molecule has 2 heterocycles. The lowest BCUT2D eigenvalue weighted by atomic mass is 10.2. The molecule has 134 valence electrons. The lowest BCUT2D eigenvalue weighted by molar-refractivity contribution is 0.101. The summed E-state index contributed by atoms with van der Waals surface area (Å²) in [7, 11) is 0. The maximum atomic E-state index is 12.9. The van der Waals surface area contributed by atoms with E-state index in [4.69, 9.17) is 16.0 Å². The number of aryl methyl sites for hydroxylation is 1. The molecule has 0 radical (unpaired) electrons. The van der Waals surface area contributed by atoms with Crippen LogP contribution >= 0.6 is 11.6 Å². The third-order valence-electron chi connectivity index (χ3n) is 4.08. The Morgan fingerprint density at radius 1 is 1.07 bits per heavy atom. The standard InChI is InChI=1S/C21H16ClN3O2/c1-14-7-9-16(10-8-14)23-21(26)19-13-18(20-6-3-11-27-20)24-25(19)17-5-2-4-15(22)12-17/h2-13H,1H3,(H,23,26). The number of nitrogens with zero attached hydrogens (tertiary/aromatic N) is 2. The molecule has 0 atom stereocenters. The lowest BCUT2D eigenvalue weighted by Crippen LogP contribution is -2.16. The van der Waals surface area contributed by atoms with E-state index in [0.29, 0.717) is 33.5 Å². The molecule has 0 fully saturated rings. The topological polar surface area (TPSA) is 60.1 Å². The van der Waals surface area contributed by atoms with Crippen molar-refractivity contribution in [2.45, 2.75) is 6.92 Å². The zero-order chi connectivity index (χ0) is 18.8. The Labute approximate surface area is 161 Å². The van der Waals surface area contributed by atoms with E-state index in [2.05, 4.69) is 10.4 Å². The van der Waals surface area contributed by atoms with Crippen molar-refractivity contribution >= 4 is 23.2 Å². The van der Waals surface area contributed by atoms with Crippen LogP contribution < -0.4 is 5.32 Å². The first kappa shape index (κ1) is 17.1. The van der Waals surface area contributed by atoms with E-state index in [0.717, 1.165) is 5.56 Å². The number of nitrogens with one attached hydrogen (secondary N) is 1. The van der Waals surface area contributed by atoms with Crippen LogP contribution in [0, 0.1) is 6.92 Å². The summed E-state index contributed by atoms with van der Waals surface area (Å²) in [5.74, 6) is 0.310. The summed E-state index contributed by atoms with van der Waals surface area (Å²) in [4.78, 5) is 12.9. The number of amides is 1. The number of anilines is 1. The van der Waals surface area contributed by atoms with Gasteiger partial charge < -0.3 is 9.73 Å². The van der Waals surface area contributed by atoms with Crippen LogP contribution in [-0.4, -0.2) is 15.7 Å². The molecule has 0 saturated heterocycles.